The Balaban J connectivity index is 2.41. The summed E-state index contributed by atoms with van der Waals surface area (Å²) in [6, 6.07) is 4.94. The predicted octanol–water partition coefficient (Wildman–Crippen LogP) is 1.67. The van der Waals surface area contributed by atoms with Crippen LogP contribution >= 0.6 is 0 Å². The first-order valence-corrected chi connectivity index (χ1v) is 6.95. The van der Waals surface area contributed by atoms with Gasteiger partial charge in [0.05, 0.1) is 22.9 Å². The SMILES string of the molecule is CCS(=O)(=O)c1ccc2c(c1)NCC(C)O2. The van der Waals surface area contributed by atoms with Crippen LogP contribution in [0.15, 0.2) is 23.1 Å². The van der Waals surface area contributed by atoms with Gasteiger partial charge in [-0.15, -0.1) is 0 Å². The predicted molar refractivity (Wildman–Crippen MR) is 62.7 cm³/mol. The molecule has 0 saturated heterocycles. The molecular formula is C11H15NO3S. The second-order valence-corrected chi connectivity index (χ2v) is 6.15. The molecule has 0 aliphatic carbocycles. The molecule has 4 nitrogen and oxygen atoms in total. The van der Waals surface area contributed by atoms with Crippen LogP contribution in [0.5, 0.6) is 5.75 Å². The zero-order valence-corrected chi connectivity index (χ0v) is 10.2. The monoisotopic (exact) mass is 241 g/mol. The van der Waals surface area contributed by atoms with Gasteiger partial charge in [-0.2, -0.15) is 0 Å². The highest BCUT2D eigenvalue weighted by Gasteiger charge is 2.19. The van der Waals surface area contributed by atoms with Crippen LogP contribution in [0.3, 0.4) is 0 Å². The van der Waals surface area contributed by atoms with Crippen LogP contribution in [0.4, 0.5) is 5.69 Å². The Bertz CT molecular complexity index is 496. The number of fused-ring (bicyclic) bond motifs is 1. The fourth-order valence-corrected chi connectivity index (χ4v) is 2.53. The van der Waals surface area contributed by atoms with Gasteiger partial charge >= 0.3 is 0 Å². The van der Waals surface area contributed by atoms with Crippen molar-refractivity contribution in [2.45, 2.75) is 24.8 Å². The van der Waals surface area contributed by atoms with E-state index in [1.54, 1.807) is 25.1 Å². The number of rotatable bonds is 2. The zero-order valence-electron chi connectivity index (χ0n) is 9.36. The molecule has 0 amide bonds. The van der Waals surface area contributed by atoms with Crippen LogP contribution in [0.2, 0.25) is 0 Å². The van der Waals surface area contributed by atoms with Crippen molar-refractivity contribution in [2.24, 2.45) is 0 Å². The second-order valence-electron chi connectivity index (χ2n) is 3.87. The number of ether oxygens (including phenoxy) is 1. The van der Waals surface area contributed by atoms with Gasteiger partial charge in [-0.25, -0.2) is 8.42 Å². The van der Waals surface area contributed by atoms with Gasteiger partial charge in [-0.05, 0) is 25.1 Å². The molecule has 1 aromatic rings. The third-order valence-electron chi connectivity index (χ3n) is 2.60. The highest BCUT2D eigenvalue weighted by molar-refractivity contribution is 7.91. The van der Waals surface area contributed by atoms with E-state index in [-0.39, 0.29) is 11.9 Å². The van der Waals surface area contributed by atoms with Gasteiger partial charge in [0.2, 0.25) is 0 Å². The Kier molecular flexibility index (Phi) is 2.80. The van der Waals surface area contributed by atoms with Gasteiger partial charge in [-0.1, -0.05) is 6.92 Å². The van der Waals surface area contributed by atoms with E-state index in [0.29, 0.717) is 17.2 Å². The first kappa shape index (κ1) is 11.3. The van der Waals surface area contributed by atoms with Crippen molar-refractivity contribution >= 4 is 15.5 Å². The van der Waals surface area contributed by atoms with E-state index in [1.807, 2.05) is 6.92 Å². The first-order chi connectivity index (χ1) is 7.53. The quantitative estimate of drug-likeness (QED) is 0.855. The topological polar surface area (TPSA) is 55.4 Å². The third kappa shape index (κ3) is 2.00. The maximum atomic E-state index is 11.7. The summed E-state index contributed by atoms with van der Waals surface area (Å²) in [5.74, 6) is 0.831. The Hall–Kier alpha value is -1.23. The number of hydrogen-bond acceptors (Lipinski definition) is 4. The van der Waals surface area contributed by atoms with Crippen molar-refractivity contribution in [3.8, 4) is 5.75 Å². The number of benzene rings is 1. The number of hydrogen-bond donors (Lipinski definition) is 1. The van der Waals surface area contributed by atoms with E-state index >= 15 is 0 Å². The van der Waals surface area contributed by atoms with E-state index in [1.165, 1.54) is 0 Å². The molecule has 0 radical (unpaired) electrons. The number of anilines is 1. The fraction of sp³-hybridized carbons (Fsp3) is 0.455. The summed E-state index contributed by atoms with van der Waals surface area (Å²) in [5, 5.41) is 3.16. The molecule has 0 fully saturated rings. The minimum Gasteiger partial charge on any atom is -0.487 e. The molecule has 0 saturated carbocycles. The van der Waals surface area contributed by atoms with Crippen molar-refractivity contribution in [3.63, 3.8) is 0 Å². The van der Waals surface area contributed by atoms with Gasteiger partial charge in [0, 0.05) is 0 Å². The summed E-state index contributed by atoms with van der Waals surface area (Å²) in [5.41, 5.74) is 0.757. The molecule has 88 valence electrons. The number of nitrogens with one attached hydrogen (secondary N) is 1. The Morgan fingerprint density at radius 1 is 1.50 bits per heavy atom. The molecule has 0 aromatic heterocycles. The van der Waals surface area contributed by atoms with E-state index in [9.17, 15) is 8.42 Å². The van der Waals surface area contributed by atoms with Crippen molar-refractivity contribution in [1.82, 2.24) is 0 Å². The molecule has 1 aliphatic heterocycles. The van der Waals surface area contributed by atoms with Gasteiger partial charge in [-0.3, -0.25) is 0 Å². The Morgan fingerprint density at radius 2 is 2.25 bits per heavy atom. The van der Waals surface area contributed by atoms with Crippen LogP contribution in [-0.4, -0.2) is 26.8 Å². The van der Waals surface area contributed by atoms with Crippen LogP contribution < -0.4 is 10.1 Å². The molecular weight excluding hydrogens is 226 g/mol. The molecule has 1 aromatic carbocycles. The average Bonchev–Trinajstić information content (AvgIpc) is 2.28. The van der Waals surface area contributed by atoms with E-state index in [4.69, 9.17) is 4.74 Å². The maximum Gasteiger partial charge on any atom is 0.178 e. The van der Waals surface area contributed by atoms with E-state index < -0.39 is 9.84 Å². The van der Waals surface area contributed by atoms with Crippen LogP contribution in [0.1, 0.15) is 13.8 Å². The molecule has 5 heteroatoms. The summed E-state index contributed by atoms with van der Waals surface area (Å²) >= 11 is 0. The molecule has 0 spiro atoms. The third-order valence-corrected chi connectivity index (χ3v) is 4.33. The lowest BCUT2D eigenvalue weighted by Gasteiger charge is -2.25. The van der Waals surface area contributed by atoms with E-state index in [2.05, 4.69) is 5.32 Å². The summed E-state index contributed by atoms with van der Waals surface area (Å²) < 4.78 is 28.9. The average molecular weight is 241 g/mol. The van der Waals surface area contributed by atoms with Crippen molar-refractivity contribution in [3.05, 3.63) is 18.2 Å². The molecule has 16 heavy (non-hydrogen) atoms. The standard InChI is InChI=1S/C11H15NO3S/c1-3-16(13,14)9-4-5-11-10(6-9)12-7-8(2)15-11/h4-6,8,12H,3,7H2,1-2H3. The molecule has 1 atom stereocenters. The van der Waals surface area contributed by atoms with Crippen LogP contribution in [0.25, 0.3) is 0 Å². The summed E-state index contributed by atoms with van der Waals surface area (Å²) in [7, 11) is -3.14. The molecule has 1 aliphatic rings. The smallest absolute Gasteiger partial charge is 0.178 e. The summed E-state index contributed by atoms with van der Waals surface area (Å²) in [6.07, 6.45) is 0.112. The van der Waals surface area contributed by atoms with Crippen molar-refractivity contribution < 1.29 is 13.2 Å². The Labute approximate surface area is 95.5 Å². The lowest BCUT2D eigenvalue weighted by Crippen LogP contribution is -2.27. The van der Waals surface area contributed by atoms with Crippen molar-refractivity contribution in [2.75, 3.05) is 17.6 Å². The van der Waals surface area contributed by atoms with Gasteiger partial charge in [0.25, 0.3) is 0 Å². The highest BCUT2D eigenvalue weighted by atomic mass is 32.2. The van der Waals surface area contributed by atoms with Gasteiger partial charge < -0.3 is 10.1 Å². The largest absolute Gasteiger partial charge is 0.487 e. The van der Waals surface area contributed by atoms with Gasteiger partial charge in [0.15, 0.2) is 9.84 Å². The second kappa shape index (κ2) is 3.97. The summed E-state index contributed by atoms with van der Waals surface area (Å²) in [4.78, 5) is 0.347. The molecule has 2 rings (SSSR count). The molecule has 1 heterocycles. The van der Waals surface area contributed by atoms with Crippen LogP contribution in [0, 0.1) is 0 Å². The molecule has 1 N–H and O–H groups in total. The summed E-state index contributed by atoms with van der Waals surface area (Å²) in [6.45, 7) is 4.30. The minimum atomic E-state index is -3.14. The lowest BCUT2D eigenvalue weighted by atomic mass is 10.2. The maximum absolute atomic E-state index is 11.7. The van der Waals surface area contributed by atoms with Gasteiger partial charge in [0.1, 0.15) is 11.9 Å². The van der Waals surface area contributed by atoms with Crippen LogP contribution in [-0.2, 0) is 9.84 Å². The Morgan fingerprint density at radius 3 is 2.94 bits per heavy atom. The highest BCUT2D eigenvalue weighted by Crippen LogP contribution is 2.31. The first-order valence-electron chi connectivity index (χ1n) is 5.30. The lowest BCUT2D eigenvalue weighted by molar-refractivity contribution is 0.226. The molecule has 0 bridgehead atoms. The minimum absolute atomic E-state index is 0.112. The number of sulfone groups is 1. The van der Waals surface area contributed by atoms with Crippen molar-refractivity contribution in [1.29, 1.82) is 0 Å². The molecule has 1 unspecified atom stereocenters. The zero-order chi connectivity index (χ0) is 11.8. The van der Waals surface area contributed by atoms with E-state index in [0.717, 1.165) is 5.69 Å². The normalized spacial score (nSPS) is 19.5. The fourth-order valence-electron chi connectivity index (χ4n) is 1.62.